The van der Waals surface area contributed by atoms with Gasteiger partial charge in [-0.2, -0.15) is 0 Å². The van der Waals surface area contributed by atoms with Crippen LogP contribution in [-0.2, 0) is 14.8 Å². The number of sulfonamides is 1. The fraction of sp³-hybridized carbons (Fsp3) is 0.0909. The topological polar surface area (TPSA) is 87.6 Å². The Hall–Kier alpha value is -3.45. The Morgan fingerprint density at radius 1 is 0.862 bits per heavy atom. The first-order valence-electron chi connectivity index (χ1n) is 9.10. The number of aliphatic imine (C=N–C) groups is 1. The van der Waals surface area contributed by atoms with Crippen LogP contribution in [0.3, 0.4) is 0 Å². The van der Waals surface area contributed by atoms with Gasteiger partial charge in [-0.05, 0) is 23.3 Å². The highest BCUT2D eigenvalue weighted by Gasteiger charge is 2.30. The van der Waals surface area contributed by atoms with E-state index in [2.05, 4.69) is 15.0 Å². The van der Waals surface area contributed by atoms with Gasteiger partial charge in [0.25, 0.3) is 10.0 Å². The van der Waals surface area contributed by atoms with Crippen LogP contribution in [-0.4, -0.2) is 26.7 Å². The third-order valence-corrected chi connectivity index (χ3v) is 6.01. The van der Waals surface area contributed by atoms with E-state index in [9.17, 15) is 13.2 Å². The third kappa shape index (κ3) is 4.05. The summed E-state index contributed by atoms with van der Waals surface area (Å²) in [5.74, 6) is -0.120. The smallest absolute Gasteiger partial charge is 0.263 e. The number of fused-ring (bicyclic) bond motifs is 1. The van der Waals surface area contributed by atoms with E-state index in [-0.39, 0.29) is 29.2 Å². The lowest BCUT2D eigenvalue weighted by atomic mass is 9.99. The largest absolute Gasteiger partial charge is 0.344 e. The lowest BCUT2D eigenvalue weighted by Crippen LogP contribution is -2.32. The van der Waals surface area contributed by atoms with Crippen molar-refractivity contribution in [2.75, 3.05) is 6.54 Å². The molecule has 146 valence electrons. The highest BCUT2D eigenvalue weighted by molar-refractivity contribution is 7.90. The first kappa shape index (κ1) is 18.9. The highest BCUT2D eigenvalue weighted by atomic mass is 32.2. The van der Waals surface area contributed by atoms with E-state index in [0.29, 0.717) is 5.56 Å². The van der Waals surface area contributed by atoms with Gasteiger partial charge in [0.1, 0.15) is 12.4 Å². The Kier molecular flexibility index (Phi) is 5.14. The SMILES string of the molecule is O=C(CN=C1NS(=O)(=O)c2ccccc21)NC(c1ccccc1)c1ccccc1. The predicted molar refractivity (Wildman–Crippen MR) is 111 cm³/mol. The van der Waals surface area contributed by atoms with Crippen molar-refractivity contribution in [1.82, 2.24) is 10.0 Å². The molecule has 0 aliphatic carbocycles. The molecule has 0 saturated carbocycles. The van der Waals surface area contributed by atoms with Crippen LogP contribution in [0.2, 0.25) is 0 Å². The number of nitrogens with one attached hydrogen (secondary N) is 2. The van der Waals surface area contributed by atoms with Crippen molar-refractivity contribution in [2.45, 2.75) is 10.9 Å². The van der Waals surface area contributed by atoms with Crippen molar-refractivity contribution in [3.8, 4) is 0 Å². The van der Waals surface area contributed by atoms with Gasteiger partial charge in [-0.25, -0.2) is 8.42 Å². The second-order valence-corrected chi connectivity index (χ2v) is 8.24. The molecule has 0 unspecified atom stereocenters. The molecule has 4 rings (SSSR count). The molecule has 0 atom stereocenters. The fourth-order valence-corrected chi connectivity index (χ4v) is 4.51. The summed E-state index contributed by atoms with van der Waals surface area (Å²) >= 11 is 0. The molecular formula is C22H19N3O3S. The van der Waals surface area contributed by atoms with E-state index in [1.54, 1.807) is 18.2 Å². The average molecular weight is 405 g/mol. The normalized spacial score (nSPS) is 15.7. The summed E-state index contributed by atoms with van der Waals surface area (Å²) in [6.07, 6.45) is 0. The number of hydrogen-bond acceptors (Lipinski definition) is 4. The maximum absolute atomic E-state index is 12.6. The number of rotatable bonds is 5. The van der Waals surface area contributed by atoms with Gasteiger partial charge in [0.15, 0.2) is 0 Å². The zero-order valence-corrected chi connectivity index (χ0v) is 16.3. The van der Waals surface area contributed by atoms with Crippen molar-refractivity contribution < 1.29 is 13.2 Å². The van der Waals surface area contributed by atoms with E-state index < -0.39 is 10.0 Å². The molecule has 7 heteroatoms. The van der Waals surface area contributed by atoms with Crippen molar-refractivity contribution in [1.29, 1.82) is 0 Å². The molecule has 1 aliphatic heterocycles. The average Bonchev–Trinajstić information content (AvgIpc) is 3.02. The Morgan fingerprint density at radius 2 is 1.41 bits per heavy atom. The van der Waals surface area contributed by atoms with Crippen LogP contribution >= 0.6 is 0 Å². The zero-order valence-electron chi connectivity index (χ0n) is 15.4. The molecule has 2 N–H and O–H groups in total. The van der Waals surface area contributed by atoms with Crippen LogP contribution < -0.4 is 10.0 Å². The standard InChI is InChI=1S/C22H19N3O3S/c26-20(15-23-22-18-13-7-8-14-19(18)29(27,28)25-22)24-21(16-9-3-1-4-10-16)17-11-5-2-6-12-17/h1-14,21H,15H2,(H,23,25)(H,24,26). The second-order valence-electron chi connectivity index (χ2n) is 6.59. The quantitative estimate of drug-likeness (QED) is 0.684. The summed E-state index contributed by atoms with van der Waals surface area (Å²) in [6, 6.07) is 25.6. The van der Waals surface area contributed by atoms with Crippen molar-refractivity contribution in [3.63, 3.8) is 0 Å². The molecule has 1 amide bonds. The second kappa shape index (κ2) is 7.89. The Bertz CT molecular complexity index is 1120. The maximum Gasteiger partial charge on any atom is 0.263 e. The number of nitrogens with zero attached hydrogens (tertiary/aromatic N) is 1. The van der Waals surface area contributed by atoms with Gasteiger partial charge in [0.2, 0.25) is 5.91 Å². The molecule has 3 aromatic rings. The van der Waals surface area contributed by atoms with Gasteiger partial charge in [0, 0.05) is 5.56 Å². The molecule has 0 spiro atoms. The van der Waals surface area contributed by atoms with Crippen LogP contribution in [0.4, 0.5) is 0 Å². The van der Waals surface area contributed by atoms with E-state index in [4.69, 9.17) is 0 Å². The molecule has 0 radical (unpaired) electrons. The molecule has 1 aliphatic rings. The molecule has 29 heavy (non-hydrogen) atoms. The minimum Gasteiger partial charge on any atom is -0.344 e. The van der Waals surface area contributed by atoms with Crippen molar-refractivity contribution >= 4 is 21.8 Å². The van der Waals surface area contributed by atoms with Crippen LogP contribution in [0, 0.1) is 0 Å². The maximum atomic E-state index is 12.6. The number of carbonyl (C=O) groups excluding carboxylic acids is 1. The monoisotopic (exact) mass is 405 g/mol. The lowest BCUT2D eigenvalue weighted by molar-refractivity contribution is -0.120. The summed E-state index contributed by atoms with van der Waals surface area (Å²) in [7, 11) is -3.62. The number of amides is 1. The zero-order chi connectivity index (χ0) is 20.3. The van der Waals surface area contributed by atoms with Gasteiger partial charge < -0.3 is 5.32 Å². The number of hydrogen-bond donors (Lipinski definition) is 2. The summed E-state index contributed by atoms with van der Waals surface area (Å²) in [6.45, 7) is -0.192. The molecule has 0 fully saturated rings. The van der Waals surface area contributed by atoms with Gasteiger partial charge in [-0.1, -0.05) is 72.8 Å². The van der Waals surface area contributed by atoms with Gasteiger partial charge >= 0.3 is 0 Å². The Balaban J connectivity index is 1.55. The molecule has 0 aromatic heterocycles. The highest BCUT2D eigenvalue weighted by Crippen LogP contribution is 2.23. The number of amidine groups is 1. The first-order valence-corrected chi connectivity index (χ1v) is 10.6. The molecule has 3 aromatic carbocycles. The Morgan fingerprint density at radius 3 is 2.03 bits per heavy atom. The van der Waals surface area contributed by atoms with E-state index >= 15 is 0 Å². The molecular weight excluding hydrogens is 386 g/mol. The third-order valence-electron chi connectivity index (χ3n) is 4.61. The van der Waals surface area contributed by atoms with E-state index in [1.807, 2.05) is 60.7 Å². The summed E-state index contributed by atoms with van der Waals surface area (Å²) in [5.41, 5.74) is 2.38. The lowest BCUT2D eigenvalue weighted by Gasteiger charge is -2.19. The summed E-state index contributed by atoms with van der Waals surface area (Å²) in [4.78, 5) is 17.0. The first-order chi connectivity index (χ1) is 14.0. The Labute approximate surface area is 169 Å². The number of benzene rings is 3. The number of carbonyl (C=O) groups is 1. The molecule has 6 nitrogen and oxygen atoms in total. The van der Waals surface area contributed by atoms with E-state index in [1.165, 1.54) is 6.07 Å². The van der Waals surface area contributed by atoms with Crippen LogP contribution in [0.25, 0.3) is 0 Å². The van der Waals surface area contributed by atoms with E-state index in [0.717, 1.165) is 11.1 Å². The van der Waals surface area contributed by atoms with Gasteiger partial charge in [0.05, 0.1) is 10.9 Å². The van der Waals surface area contributed by atoms with Crippen LogP contribution in [0.5, 0.6) is 0 Å². The van der Waals surface area contributed by atoms with Crippen molar-refractivity contribution in [2.24, 2.45) is 4.99 Å². The summed E-state index contributed by atoms with van der Waals surface area (Å²) in [5, 5.41) is 3.00. The minimum atomic E-state index is -3.62. The fourth-order valence-electron chi connectivity index (χ4n) is 3.26. The summed E-state index contributed by atoms with van der Waals surface area (Å²) < 4.78 is 26.7. The predicted octanol–water partition coefficient (Wildman–Crippen LogP) is 2.63. The van der Waals surface area contributed by atoms with Crippen molar-refractivity contribution in [3.05, 3.63) is 102 Å². The molecule has 1 heterocycles. The molecule has 0 bridgehead atoms. The van der Waals surface area contributed by atoms with Crippen LogP contribution in [0.1, 0.15) is 22.7 Å². The van der Waals surface area contributed by atoms with Gasteiger partial charge in [-0.15, -0.1) is 0 Å². The minimum absolute atomic E-state index is 0.172. The molecule has 0 saturated heterocycles. The van der Waals surface area contributed by atoms with Gasteiger partial charge in [-0.3, -0.25) is 14.5 Å². The van der Waals surface area contributed by atoms with Crippen LogP contribution in [0.15, 0.2) is 94.8 Å².